The van der Waals surface area contributed by atoms with E-state index in [-0.39, 0.29) is 5.91 Å². The fourth-order valence-corrected chi connectivity index (χ4v) is 3.62. The Morgan fingerprint density at radius 1 is 1.27 bits per heavy atom. The van der Waals surface area contributed by atoms with Crippen LogP contribution in [0.15, 0.2) is 18.2 Å². The van der Waals surface area contributed by atoms with Gasteiger partial charge in [0.2, 0.25) is 0 Å². The Kier molecular flexibility index (Phi) is 4.39. The summed E-state index contributed by atoms with van der Waals surface area (Å²) in [5.74, 6) is 0.928. The molecule has 4 nitrogen and oxygen atoms in total. The first kappa shape index (κ1) is 15.3. The number of amides is 1. The number of ether oxygens (including phenoxy) is 1. The number of fused-ring (bicyclic) bond motifs is 1. The molecule has 0 spiro atoms. The van der Waals surface area contributed by atoms with E-state index in [0.717, 1.165) is 30.9 Å². The van der Waals surface area contributed by atoms with Gasteiger partial charge in [-0.1, -0.05) is 17.7 Å². The summed E-state index contributed by atoms with van der Waals surface area (Å²) in [5, 5.41) is 0. The quantitative estimate of drug-likeness (QED) is 0.859. The van der Waals surface area contributed by atoms with Crippen molar-refractivity contribution < 1.29 is 9.53 Å². The summed E-state index contributed by atoms with van der Waals surface area (Å²) >= 11 is 0. The highest BCUT2D eigenvalue weighted by Crippen LogP contribution is 2.23. The van der Waals surface area contributed by atoms with Gasteiger partial charge in [-0.05, 0) is 51.8 Å². The first-order chi connectivity index (χ1) is 10.5. The van der Waals surface area contributed by atoms with Crippen LogP contribution in [0.4, 0.5) is 0 Å². The number of carbonyl (C=O) groups is 1. The van der Waals surface area contributed by atoms with Crippen molar-refractivity contribution in [2.24, 2.45) is 0 Å². The molecule has 0 saturated carbocycles. The molecular weight excluding hydrogens is 276 g/mol. The van der Waals surface area contributed by atoms with E-state index in [4.69, 9.17) is 4.74 Å². The molecule has 2 aliphatic heterocycles. The zero-order valence-corrected chi connectivity index (χ0v) is 13.8. The number of carbonyl (C=O) groups excluding carboxylic acids is 1. The van der Waals surface area contributed by atoms with E-state index in [0.29, 0.717) is 6.04 Å². The Morgan fingerprint density at radius 3 is 2.86 bits per heavy atom. The van der Waals surface area contributed by atoms with E-state index >= 15 is 0 Å². The molecule has 2 atom stereocenters. The smallest absolute Gasteiger partial charge is 0.263 e. The monoisotopic (exact) mass is 302 g/mol. The van der Waals surface area contributed by atoms with Crippen LogP contribution in [0.1, 0.15) is 30.9 Å². The molecule has 0 N–H and O–H groups in total. The number of benzene rings is 1. The van der Waals surface area contributed by atoms with Crippen molar-refractivity contribution in [3.05, 3.63) is 29.3 Å². The average Bonchev–Trinajstić information content (AvgIpc) is 2.96. The van der Waals surface area contributed by atoms with E-state index < -0.39 is 6.10 Å². The molecule has 2 heterocycles. The number of rotatable bonds is 3. The molecule has 2 saturated heterocycles. The fourth-order valence-electron chi connectivity index (χ4n) is 3.62. The maximum absolute atomic E-state index is 12.7. The lowest BCUT2D eigenvalue weighted by molar-refractivity contribution is -0.140. The van der Waals surface area contributed by atoms with Crippen LogP contribution in [0.2, 0.25) is 0 Å². The number of hydrogen-bond donors (Lipinski definition) is 0. The Balaban J connectivity index is 1.62. The lowest BCUT2D eigenvalue weighted by Gasteiger charge is -2.38. The number of nitrogens with zero attached hydrogens (tertiary/aromatic N) is 2. The highest BCUT2D eigenvalue weighted by atomic mass is 16.5. The lowest BCUT2D eigenvalue weighted by atomic mass is 10.1. The fraction of sp³-hybridized carbons (Fsp3) is 0.611. The molecule has 1 aromatic rings. The zero-order valence-electron chi connectivity index (χ0n) is 13.8. The summed E-state index contributed by atoms with van der Waals surface area (Å²) in [7, 11) is 0. The van der Waals surface area contributed by atoms with E-state index in [9.17, 15) is 4.79 Å². The molecule has 0 radical (unpaired) electrons. The summed E-state index contributed by atoms with van der Waals surface area (Å²) in [6.07, 6.45) is 2.06. The number of aryl methyl sites for hydroxylation is 2. The van der Waals surface area contributed by atoms with Gasteiger partial charge in [-0.15, -0.1) is 0 Å². The van der Waals surface area contributed by atoms with Gasteiger partial charge < -0.3 is 9.64 Å². The van der Waals surface area contributed by atoms with Crippen LogP contribution in [0.3, 0.4) is 0 Å². The molecule has 2 aliphatic rings. The molecule has 22 heavy (non-hydrogen) atoms. The second kappa shape index (κ2) is 6.29. The molecule has 3 rings (SSSR count). The van der Waals surface area contributed by atoms with Crippen molar-refractivity contribution in [2.45, 2.75) is 45.8 Å². The van der Waals surface area contributed by atoms with Crippen LogP contribution < -0.4 is 4.74 Å². The largest absolute Gasteiger partial charge is 0.481 e. The minimum atomic E-state index is -0.422. The molecule has 1 amide bonds. The van der Waals surface area contributed by atoms with Gasteiger partial charge in [0.1, 0.15) is 5.75 Å². The Morgan fingerprint density at radius 2 is 2.09 bits per heavy atom. The summed E-state index contributed by atoms with van der Waals surface area (Å²) in [5.41, 5.74) is 2.29. The van der Waals surface area contributed by atoms with Crippen molar-refractivity contribution in [3.63, 3.8) is 0 Å². The third kappa shape index (κ3) is 3.12. The van der Waals surface area contributed by atoms with Crippen molar-refractivity contribution >= 4 is 5.91 Å². The summed E-state index contributed by atoms with van der Waals surface area (Å²) in [6.45, 7) is 9.84. The van der Waals surface area contributed by atoms with Gasteiger partial charge in [-0.2, -0.15) is 0 Å². The van der Waals surface area contributed by atoms with E-state index in [1.54, 1.807) is 0 Å². The van der Waals surface area contributed by atoms with Crippen molar-refractivity contribution in [3.8, 4) is 5.75 Å². The normalized spacial score (nSPS) is 23.2. The minimum absolute atomic E-state index is 0.117. The summed E-state index contributed by atoms with van der Waals surface area (Å²) < 4.78 is 5.92. The molecule has 2 fully saturated rings. The van der Waals surface area contributed by atoms with Crippen LogP contribution >= 0.6 is 0 Å². The predicted octanol–water partition coefficient (Wildman–Crippen LogP) is 2.38. The standard InChI is InChI=1S/C18H26N2O2/c1-13-6-7-17(14(2)11-13)22-15(3)18(21)20-10-9-19-8-4-5-16(19)12-20/h6-7,11,15-16H,4-5,8-10,12H2,1-3H3/t15-,16+/m0/s1. The summed E-state index contributed by atoms with van der Waals surface area (Å²) in [6, 6.07) is 6.63. The number of hydrogen-bond acceptors (Lipinski definition) is 3. The zero-order chi connectivity index (χ0) is 15.7. The van der Waals surface area contributed by atoms with Gasteiger partial charge >= 0.3 is 0 Å². The topological polar surface area (TPSA) is 32.8 Å². The van der Waals surface area contributed by atoms with Crippen LogP contribution in [-0.2, 0) is 4.79 Å². The summed E-state index contributed by atoms with van der Waals surface area (Å²) in [4.78, 5) is 17.2. The third-order valence-corrected chi connectivity index (χ3v) is 4.88. The van der Waals surface area contributed by atoms with E-state index in [1.165, 1.54) is 24.9 Å². The first-order valence-electron chi connectivity index (χ1n) is 8.31. The van der Waals surface area contributed by atoms with Crippen molar-refractivity contribution in [2.75, 3.05) is 26.2 Å². The average molecular weight is 302 g/mol. The lowest BCUT2D eigenvalue weighted by Crippen LogP contribution is -2.54. The molecule has 4 heteroatoms. The van der Waals surface area contributed by atoms with Gasteiger partial charge in [0.15, 0.2) is 6.10 Å². The van der Waals surface area contributed by atoms with Crippen LogP contribution in [0.25, 0.3) is 0 Å². The van der Waals surface area contributed by atoms with E-state index in [2.05, 4.69) is 17.9 Å². The van der Waals surface area contributed by atoms with Gasteiger partial charge in [-0.25, -0.2) is 0 Å². The molecule has 0 aromatic heterocycles. The maximum atomic E-state index is 12.7. The molecule has 0 bridgehead atoms. The Labute approximate surface area is 133 Å². The second-order valence-corrected chi connectivity index (χ2v) is 6.65. The van der Waals surface area contributed by atoms with Crippen molar-refractivity contribution in [1.29, 1.82) is 0 Å². The van der Waals surface area contributed by atoms with Crippen LogP contribution in [0, 0.1) is 13.8 Å². The van der Waals surface area contributed by atoms with Gasteiger partial charge in [0.05, 0.1) is 0 Å². The SMILES string of the molecule is Cc1ccc(O[C@@H](C)C(=O)N2CCN3CCC[C@@H]3C2)c(C)c1. The minimum Gasteiger partial charge on any atom is -0.481 e. The molecule has 120 valence electrons. The second-order valence-electron chi connectivity index (χ2n) is 6.65. The highest BCUT2D eigenvalue weighted by Gasteiger charge is 2.34. The molecule has 1 aromatic carbocycles. The first-order valence-corrected chi connectivity index (χ1v) is 8.31. The predicted molar refractivity (Wildman–Crippen MR) is 87.2 cm³/mol. The van der Waals surface area contributed by atoms with Gasteiger partial charge in [-0.3, -0.25) is 9.69 Å². The van der Waals surface area contributed by atoms with Crippen molar-refractivity contribution in [1.82, 2.24) is 9.80 Å². The Hall–Kier alpha value is -1.55. The molecular formula is C18H26N2O2. The molecule has 0 aliphatic carbocycles. The third-order valence-electron chi connectivity index (χ3n) is 4.88. The van der Waals surface area contributed by atoms with Crippen LogP contribution in [-0.4, -0.2) is 54.0 Å². The van der Waals surface area contributed by atoms with E-state index in [1.807, 2.05) is 30.9 Å². The highest BCUT2D eigenvalue weighted by molar-refractivity contribution is 5.81. The number of piperazine rings is 1. The molecule has 0 unspecified atom stereocenters. The Bertz CT molecular complexity index is 558. The van der Waals surface area contributed by atoms with Crippen LogP contribution in [0.5, 0.6) is 5.75 Å². The van der Waals surface area contributed by atoms with Gasteiger partial charge in [0, 0.05) is 25.7 Å². The van der Waals surface area contributed by atoms with Gasteiger partial charge in [0.25, 0.3) is 5.91 Å². The maximum Gasteiger partial charge on any atom is 0.263 e.